The van der Waals surface area contributed by atoms with Gasteiger partial charge in [0.1, 0.15) is 24.2 Å². The van der Waals surface area contributed by atoms with Crippen LogP contribution in [0.15, 0.2) is 35.3 Å². The number of hydrogen-bond donors (Lipinski definition) is 0. The van der Waals surface area contributed by atoms with Crippen molar-refractivity contribution in [3.8, 4) is 11.8 Å². The van der Waals surface area contributed by atoms with Gasteiger partial charge < -0.3 is 18.5 Å². The Bertz CT molecular complexity index is 1080. The SMILES string of the molecule is Cc1cn2c(nc1=O)O[C@@H]1C[C@H]2O[C@@H]1COP(Oc1ccc([N+](=O)[O-])cc1)N(C(C)C)C(C)C. The van der Waals surface area contributed by atoms with Crippen molar-refractivity contribution in [2.24, 2.45) is 0 Å². The number of nitrogens with zero attached hydrogens (tertiary/aromatic N) is 4. The zero-order valence-electron chi connectivity index (χ0n) is 19.8. The molecule has 0 N–H and O–H groups in total. The second kappa shape index (κ2) is 9.95. The minimum atomic E-state index is -1.55. The van der Waals surface area contributed by atoms with Gasteiger partial charge in [-0.25, -0.2) is 4.67 Å². The molecule has 12 heteroatoms. The fraction of sp³-hybridized carbons (Fsp3) is 0.545. The number of rotatable bonds is 9. The van der Waals surface area contributed by atoms with Crippen LogP contribution in [-0.2, 0) is 9.26 Å². The number of aromatic nitrogens is 2. The van der Waals surface area contributed by atoms with E-state index in [9.17, 15) is 14.9 Å². The topological polar surface area (TPSA) is 118 Å². The van der Waals surface area contributed by atoms with E-state index < -0.39 is 13.4 Å². The highest BCUT2D eigenvalue weighted by Crippen LogP contribution is 2.48. The van der Waals surface area contributed by atoms with Crippen LogP contribution in [0.4, 0.5) is 5.69 Å². The molecule has 1 aromatic carbocycles. The molecule has 2 aromatic rings. The van der Waals surface area contributed by atoms with E-state index in [0.29, 0.717) is 17.7 Å². The van der Waals surface area contributed by atoms with E-state index in [1.807, 2.05) is 0 Å². The number of hydrogen-bond acceptors (Lipinski definition) is 9. The molecule has 2 aliphatic rings. The van der Waals surface area contributed by atoms with Gasteiger partial charge in [0.05, 0.1) is 11.5 Å². The third kappa shape index (κ3) is 5.07. The first-order valence-electron chi connectivity index (χ1n) is 11.2. The van der Waals surface area contributed by atoms with Gasteiger partial charge in [-0.05, 0) is 46.8 Å². The molecule has 2 bridgehead atoms. The Morgan fingerprint density at radius 2 is 1.94 bits per heavy atom. The van der Waals surface area contributed by atoms with Crippen LogP contribution in [0, 0.1) is 17.0 Å². The molecule has 34 heavy (non-hydrogen) atoms. The van der Waals surface area contributed by atoms with Gasteiger partial charge in [-0.1, -0.05) is 0 Å². The van der Waals surface area contributed by atoms with Gasteiger partial charge in [0.15, 0.2) is 0 Å². The summed E-state index contributed by atoms with van der Waals surface area (Å²) >= 11 is 0. The Balaban J connectivity index is 1.48. The predicted molar refractivity (Wildman–Crippen MR) is 125 cm³/mol. The quantitative estimate of drug-likeness (QED) is 0.291. The number of aryl methyl sites for hydroxylation is 1. The molecule has 1 unspecified atom stereocenters. The molecule has 0 amide bonds. The maximum atomic E-state index is 11.9. The molecule has 0 radical (unpaired) electrons. The molecule has 1 saturated heterocycles. The number of ether oxygens (including phenoxy) is 2. The van der Waals surface area contributed by atoms with Gasteiger partial charge in [-0.15, -0.1) is 0 Å². The van der Waals surface area contributed by atoms with Gasteiger partial charge in [-0.2, -0.15) is 4.98 Å². The van der Waals surface area contributed by atoms with Gasteiger partial charge in [0.25, 0.3) is 11.2 Å². The van der Waals surface area contributed by atoms with Crippen LogP contribution in [0.2, 0.25) is 0 Å². The Hall–Kier alpha value is -2.59. The lowest BCUT2D eigenvalue weighted by Gasteiger charge is -2.35. The Morgan fingerprint density at radius 3 is 2.56 bits per heavy atom. The average molecular weight is 492 g/mol. The van der Waals surface area contributed by atoms with Gasteiger partial charge in [-0.3, -0.25) is 19.5 Å². The van der Waals surface area contributed by atoms with E-state index in [4.69, 9.17) is 18.5 Å². The van der Waals surface area contributed by atoms with Crippen molar-refractivity contribution in [3.63, 3.8) is 0 Å². The summed E-state index contributed by atoms with van der Waals surface area (Å²) in [4.78, 5) is 26.5. The van der Waals surface area contributed by atoms with Gasteiger partial charge in [0, 0.05) is 42.4 Å². The van der Waals surface area contributed by atoms with E-state index >= 15 is 0 Å². The van der Waals surface area contributed by atoms with Gasteiger partial charge >= 0.3 is 14.5 Å². The normalized spacial score (nSPS) is 22.1. The molecular formula is C22H29N4O7P. The van der Waals surface area contributed by atoms with Crippen LogP contribution in [-0.4, -0.2) is 50.0 Å². The van der Waals surface area contributed by atoms with E-state index in [0.717, 1.165) is 0 Å². The minimum Gasteiger partial charge on any atom is -0.458 e. The van der Waals surface area contributed by atoms with E-state index in [1.54, 1.807) is 29.8 Å². The molecule has 4 rings (SSSR count). The smallest absolute Gasteiger partial charge is 0.321 e. The lowest BCUT2D eigenvalue weighted by atomic mass is 10.1. The highest BCUT2D eigenvalue weighted by molar-refractivity contribution is 7.45. The van der Waals surface area contributed by atoms with E-state index in [2.05, 4.69) is 37.3 Å². The third-order valence-electron chi connectivity index (χ3n) is 5.66. The molecule has 2 aliphatic heterocycles. The number of nitro benzene ring substituents is 1. The standard InChI is InChI=1S/C22H29N4O7P/c1-13(2)25(14(3)4)34(33-17-8-6-16(7-9-17)26(28)29)30-12-19-18-10-20(31-19)24-11-15(5)21(27)23-22(24)32-18/h6-9,11,13-14,18-20H,10,12H2,1-5H3/t18-,19-,20-,34?/m1/s1. The van der Waals surface area contributed by atoms with Crippen molar-refractivity contribution in [1.82, 2.24) is 14.2 Å². The summed E-state index contributed by atoms with van der Waals surface area (Å²) in [5, 5.41) is 11.0. The molecule has 11 nitrogen and oxygen atoms in total. The van der Waals surface area contributed by atoms with Crippen LogP contribution < -0.4 is 14.8 Å². The van der Waals surface area contributed by atoms with Crippen LogP contribution >= 0.6 is 8.53 Å². The molecule has 0 spiro atoms. The number of non-ortho nitro benzene ring substituents is 1. The fourth-order valence-corrected chi connectivity index (χ4v) is 5.71. The summed E-state index contributed by atoms with van der Waals surface area (Å²) in [5.74, 6) is 0.482. The highest BCUT2D eigenvalue weighted by Gasteiger charge is 2.44. The molecule has 0 saturated carbocycles. The minimum absolute atomic E-state index is 0.00639. The molecule has 0 aliphatic carbocycles. The summed E-state index contributed by atoms with van der Waals surface area (Å²) < 4.78 is 28.5. The van der Waals surface area contributed by atoms with Crippen molar-refractivity contribution in [3.05, 3.63) is 56.5 Å². The average Bonchev–Trinajstić information content (AvgIpc) is 3.10. The Morgan fingerprint density at radius 1 is 1.26 bits per heavy atom. The van der Waals surface area contributed by atoms with Crippen LogP contribution in [0.5, 0.6) is 11.8 Å². The summed E-state index contributed by atoms with van der Waals surface area (Å²) in [6, 6.07) is 6.47. The van der Waals surface area contributed by atoms with Crippen molar-refractivity contribution in [2.45, 2.75) is 71.6 Å². The predicted octanol–water partition coefficient (Wildman–Crippen LogP) is 3.95. The fourth-order valence-electron chi connectivity index (χ4n) is 4.10. The van der Waals surface area contributed by atoms with Gasteiger partial charge in [0.2, 0.25) is 0 Å². The van der Waals surface area contributed by atoms with Crippen molar-refractivity contribution in [2.75, 3.05) is 6.61 Å². The lowest BCUT2D eigenvalue weighted by molar-refractivity contribution is -0.384. The Kier molecular flexibility index (Phi) is 7.18. The highest BCUT2D eigenvalue weighted by atomic mass is 31.2. The van der Waals surface area contributed by atoms with Crippen LogP contribution in [0.3, 0.4) is 0 Å². The first-order chi connectivity index (χ1) is 16.1. The van der Waals surface area contributed by atoms with Crippen LogP contribution in [0.25, 0.3) is 0 Å². The second-order valence-electron chi connectivity index (χ2n) is 8.88. The maximum Gasteiger partial charge on any atom is 0.321 e. The Labute approximate surface area is 198 Å². The molecule has 1 fully saturated rings. The number of nitro groups is 1. The third-order valence-corrected chi connectivity index (χ3v) is 7.70. The zero-order valence-corrected chi connectivity index (χ0v) is 20.7. The lowest BCUT2D eigenvalue weighted by Crippen LogP contribution is -2.37. The molecular weight excluding hydrogens is 463 g/mol. The summed E-state index contributed by atoms with van der Waals surface area (Å²) in [6.45, 7) is 10.2. The summed E-state index contributed by atoms with van der Waals surface area (Å²) in [7, 11) is -1.55. The molecule has 4 atom stereocenters. The van der Waals surface area contributed by atoms with Crippen molar-refractivity contribution < 1.29 is 23.4 Å². The summed E-state index contributed by atoms with van der Waals surface area (Å²) in [6.07, 6.45) is 1.40. The maximum absolute atomic E-state index is 11.9. The van der Waals surface area contributed by atoms with E-state index in [1.165, 1.54) is 12.1 Å². The number of benzene rings is 1. The first kappa shape index (κ1) is 24.5. The van der Waals surface area contributed by atoms with E-state index in [-0.39, 0.29) is 54.4 Å². The molecule has 1 aromatic heterocycles. The largest absolute Gasteiger partial charge is 0.458 e. The van der Waals surface area contributed by atoms with Crippen molar-refractivity contribution >= 4 is 14.2 Å². The summed E-state index contributed by atoms with van der Waals surface area (Å²) in [5.41, 5.74) is 0.205. The molecule has 184 valence electrons. The first-order valence-corrected chi connectivity index (χ1v) is 12.3. The second-order valence-corrected chi connectivity index (χ2v) is 10.3. The zero-order chi connectivity index (χ0) is 24.6. The molecule has 3 heterocycles. The van der Waals surface area contributed by atoms with Crippen molar-refractivity contribution in [1.29, 1.82) is 0 Å². The van der Waals surface area contributed by atoms with Crippen LogP contribution in [0.1, 0.15) is 45.9 Å². The number of fused-ring (bicyclic) bond motifs is 4. The monoisotopic (exact) mass is 492 g/mol.